The molecule has 4 nitrogen and oxygen atoms in total. The van der Waals surface area contributed by atoms with Gasteiger partial charge < -0.3 is 9.73 Å². The Labute approximate surface area is 170 Å². The van der Waals surface area contributed by atoms with E-state index < -0.39 is 0 Å². The molecule has 0 unspecified atom stereocenters. The zero-order valence-corrected chi connectivity index (χ0v) is 16.8. The van der Waals surface area contributed by atoms with E-state index in [4.69, 9.17) is 16.0 Å². The number of halogens is 1. The summed E-state index contributed by atoms with van der Waals surface area (Å²) < 4.78 is 5.82. The van der Waals surface area contributed by atoms with Crippen molar-refractivity contribution in [2.45, 2.75) is 32.2 Å². The maximum absolute atomic E-state index is 12.9. The molecule has 1 amide bonds. The summed E-state index contributed by atoms with van der Waals surface area (Å²) in [6.07, 6.45) is 3.62. The third kappa shape index (κ3) is 3.80. The lowest BCUT2D eigenvalue weighted by Crippen LogP contribution is -2.40. The summed E-state index contributed by atoms with van der Waals surface area (Å²) in [5, 5.41) is 4.81. The second-order valence-corrected chi connectivity index (χ2v) is 7.80. The van der Waals surface area contributed by atoms with E-state index in [1.54, 1.807) is 0 Å². The van der Waals surface area contributed by atoms with Crippen molar-refractivity contribution in [3.63, 3.8) is 0 Å². The number of furan rings is 1. The van der Waals surface area contributed by atoms with E-state index in [-0.39, 0.29) is 11.9 Å². The molecule has 2 heterocycles. The van der Waals surface area contributed by atoms with E-state index in [9.17, 15) is 4.79 Å². The van der Waals surface area contributed by atoms with E-state index in [0.717, 1.165) is 40.2 Å². The molecule has 0 spiro atoms. The molecule has 1 atom stereocenters. The van der Waals surface area contributed by atoms with Crippen molar-refractivity contribution >= 4 is 28.5 Å². The first-order chi connectivity index (χ1) is 13.6. The van der Waals surface area contributed by atoms with Gasteiger partial charge in [-0.15, -0.1) is 0 Å². The summed E-state index contributed by atoms with van der Waals surface area (Å²) in [6.45, 7) is 4.47. The summed E-state index contributed by atoms with van der Waals surface area (Å²) in [5.41, 5.74) is 2.68. The Hall–Kier alpha value is -2.30. The number of fused-ring (bicyclic) bond motifs is 1. The van der Waals surface area contributed by atoms with Crippen molar-refractivity contribution in [1.29, 1.82) is 0 Å². The number of nitrogens with zero attached hydrogens (tertiary/aromatic N) is 1. The molecule has 4 rings (SSSR count). The van der Waals surface area contributed by atoms with Crippen LogP contribution in [0.4, 0.5) is 0 Å². The fourth-order valence-corrected chi connectivity index (χ4v) is 4.33. The highest BCUT2D eigenvalue weighted by molar-refractivity contribution is 6.31. The third-order valence-electron chi connectivity index (χ3n) is 5.60. The summed E-state index contributed by atoms with van der Waals surface area (Å²) in [6, 6.07) is 15.7. The van der Waals surface area contributed by atoms with Crippen LogP contribution in [0.25, 0.3) is 11.0 Å². The zero-order chi connectivity index (χ0) is 19.5. The summed E-state index contributed by atoms with van der Waals surface area (Å²) in [4.78, 5) is 15.3. The fourth-order valence-electron chi connectivity index (χ4n) is 4.07. The van der Waals surface area contributed by atoms with Crippen LogP contribution >= 0.6 is 11.6 Å². The van der Waals surface area contributed by atoms with Crippen LogP contribution in [-0.2, 0) is 0 Å². The highest BCUT2D eigenvalue weighted by Gasteiger charge is 2.26. The number of nitrogens with one attached hydrogen (secondary N) is 1. The van der Waals surface area contributed by atoms with Crippen molar-refractivity contribution in [1.82, 2.24) is 10.2 Å². The number of benzene rings is 2. The van der Waals surface area contributed by atoms with E-state index >= 15 is 0 Å². The third-order valence-corrected chi connectivity index (χ3v) is 5.95. The molecule has 5 heteroatoms. The lowest BCUT2D eigenvalue weighted by molar-refractivity contribution is 0.0898. The van der Waals surface area contributed by atoms with Crippen molar-refractivity contribution in [2.75, 3.05) is 19.6 Å². The Kier molecular flexibility index (Phi) is 5.69. The molecule has 0 saturated carbocycles. The van der Waals surface area contributed by atoms with Crippen molar-refractivity contribution < 1.29 is 9.21 Å². The summed E-state index contributed by atoms with van der Waals surface area (Å²) in [7, 11) is 0. The number of aryl methyl sites for hydroxylation is 1. The minimum atomic E-state index is -0.178. The first-order valence-electron chi connectivity index (χ1n) is 9.90. The normalized spacial score (nSPS) is 16.2. The number of para-hydroxylation sites is 1. The molecule has 1 N–H and O–H groups in total. The SMILES string of the molecule is Cc1c(C(=O)NC[C@H](c2ccccc2Cl)N2CCCCC2)oc2ccccc12. The first-order valence-corrected chi connectivity index (χ1v) is 10.3. The molecule has 0 radical (unpaired) electrons. The largest absolute Gasteiger partial charge is 0.451 e. The minimum absolute atomic E-state index is 0.0580. The van der Waals surface area contributed by atoms with E-state index in [2.05, 4.69) is 16.3 Å². The topological polar surface area (TPSA) is 45.5 Å². The number of rotatable bonds is 5. The van der Waals surface area contributed by atoms with Crippen LogP contribution < -0.4 is 5.32 Å². The van der Waals surface area contributed by atoms with Crippen molar-refractivity contribution in [3.8, 4) is 0 Å². The lowest BCUT2D eigenvalue weighted by Gasteiger charge is -2.35. The molecule has 1 aliphatic rings. The molecule has 1 saturated heterocycles. The predicted octanol–water partition coefficient (Wildman–Crippen LogP) is 5.35. The fraction of sp³-hybridized carbons (Fsp3) is 0.348. The predicted molar refractivity (Wildman–Crippen MR) is 113 cm³/mol. The lowest BCUT2D eigenvalue weighted by atomic mass is 10.0. The van der Waals surface area contributed by atoms with Gasteiger partial charge in [-0.25, -0.2) is 0 Å². The minimum Gasteiger partial charge on any atom is -0.451 e. The molecule has 1 aromatic heterocycles. The van der Waals surface area contributed by atoms with Gasteiger partial charge in [0.15, 0.2) is 5.76 Å². The number of carbonyl (C=O) groups excluding carboxylic acids is 1. The second-order valence-electron chi connectivity index (χ2n) is 7.40. The number of likely N-dealkylation sites (tertiary alicyclic amines) is 1. The van der Waals surface area contributed by atoms with Gasteiger partial charge in [-0.3, -0.25) is 9.69 Å². The van der Waals surface area contributed by atoms with Crippen molar-refractivity contribution in [3.05, 3.63) is 70.4 Å². The summed E-state index contributed by atoms with van der Waals surface area (Å²) >= 11 is 6.49. The van der Waals surface area contributed by atoms with E-state index in [1.807, 2.05) is 49.4 Å². The molecule has 1 fully saturated rings. The standard InChI is InChI=1S/C23H25ClN2O2/c1-16-17-9-4-6-12-21(17)28-22(16)23(27)25-15-20(26-13-7-2-8-14-26)18-10-3-5-11-19(18)24/h3-6,9-12,20H,2,7-8,13-15H2,1H3,(H,25,27)/t20-/m1/s1. The van der Waals surface area contributed by atoms with Crippen molar-refractivity contribution in [2.24, 2.45) is 0 Å². The molecule has 1 aliphatic heterocycles. The Balaban J connectivity index is 1.55. The van der Waals surface area contributed by atoms with Gasteiger partial charge in [0.2, 0.25) is 0 Å². The van der Waals surface area contributed by atoms with Crippen LogP contribution in [0.5, 0.6) is 0 Å². The van der Waals surface area contributed by atoms with Crippen LogP contribution in [0, 0.1) is 6.92 Å². The highest BCUT2D eigenvalue weighted by Crippen LogP contribution is 2.30. The van der Waals surface area contributed by atoms with Gasteiger partial charge in [-0.1, -0.05) is 54.4 Å². The second kappa shape index (κ2) is 8.38. The average Bonchev–Trinajstić information content (AvgIpc) is 3.07. The van der Waals surface area contributed by atoms with Gasteiger partial charge in [-0.05, 0) is 50.6 Å². The number of carbonyl (C=O) groups is 1. The quantitative estimate of drug-likeness (QED) is 0.632. The molecular weight excluding hydrogens is 372 g/mol. The number of piperidine rings is 1. The number of amides is 1. The van der Waals surface area contributed by atoms with Crippen LogP contribution in [-0.4, -0.2) is 30.4 Å². The van der Waals surface area contributed by atoms with Gasteiger partial charge in [0, 0.05) is 22.5 Å². The van der Waals surface area contributed by atoms with Gasteiger partial charge in [0.05, 0.1) is 6.04 Å². The molecular formula is C23H25ClN2O2. The van der Waals surface area contributed by atoms with Gasteiger partial charge in [0.25, 0.3) is 5.91 Å². The van der Waals surface area contributed by atoms with E-state index in [1.165, 1.54) is 19.3 Å². The van der Waals surface area contributed by atoms with E-state index in [0.29, 0.717) is 12.3 Å². The number of hydrogen-bond acceptors (Lipinski definition) is 3. The van der Waals surface area contributed by atoms with Crippen LogP contribution in [0.1, 0.15) is 47.0 Å². The van der Waals surface area contributed by atoms with Gasteiger partial charge >= 0.3 is 0 Å². The Bertz CT molecular complexity index is 976. The highest BCUT2D eigenvalue weighted by atomic mass is 35.5. The van der Waals surface area contributed by atoms with Crippen LogP contribution in [0.15, 0.2) is 52.9 Å². The molecule has 146 valence electrons. The Morgan fingerprint density at radius 3 is 2.57 bits per heavy atom. The maximum atomic E-state index is 12.9. The molecule has 0 aliphatic carbocycles. The Morgan fingerprint density at radius 2 is 1.82 bits per heavy atom. The van der Waals surface area contributed by atoms with Gasteiger partial charge in [-0.2, -0.15) is 0 Å². The average molecular weight is 397 g/mol. The zero-order valence-electron chi connectivity index (χ0n) is 16.1. The number of hydrogen-bond donors (Lipinski definition) is 1. The molecule has 3 aromatic rings. The molecule has 2 aromatic carbocycles. The summed E-state index contributed by atoms with van der Waals surface area (Å²) in [5.74, 6) is 0.209. The molecule has 28 heavy (non-hydrogen) atoms. The Morgan fingerprint density at radius 1 is 1.11 bits per heavy atom. The monoisotopic (exact) mass is 396 g/mol. The maximum Gasteiger partial charge on any atom is 0.287 e. The first kappa shape index (κ1) is 19.0. The smallest absolute Gasteiger partial charge is 0.287 e. The van der Waals surface area contributed by atoms with Gasteiger partial charge in [0.1, 0.15) is 5.58 Å². The molecule has 0 bridgehead atoms. The van der Waals surface area contributed by atoms with Crippen LogP contribution in [0.3, 0.4) is 0 Å². The van der Waals surface area contributed by atoms with Crippen LogP contribution in [0.2, 0.25) is 5.02 Å².